The molecule has 2 nitrogen and oxygen atoms in total. The summed E-state index contributed by atoms with van der Waals surface area (Å²) in [6.07, 6.45) is 4.42. The third kappa shape index (κ3) is 5.48. The first kappa shape index (κ1) is 14.2. The Bertz CT molecular complexity index is 416. The van der Waals surface area contributed by atoms with Crippen molar-refractivity contribution >= 4 is 12.0 Å². The zero-order chi connectivity index (χ0) is 13.4. The molecule has 0 fully saturated rings. The molecule has 0 aromatic heterocycles. The van der Waals surface area contributed by atoms with Gasteiger partial charge >= 0.3 is 5.97 Å². The van der Waals surface area contributed by atoms with E-state index < -0.39 is 0 Å². The molecule has 0 heterocycles. The van der Waals surface area contributed by atoms with Crippen molar-refractivity contribution in [3.63, 3.8) is 0 Å². The largest absolute Gasteiger partial charge is 0.462 e. The van der Waals surface area contributed by atoms with Crippen LogP contribution in [0.2, 0.25) is 0 Å². The van der Waals surface area contributed by atoms with Crippen LogP contribution in [0, 0.1) is 5.92 Å². The molecule has 0 radical (unpaired) electrons. The second-order valence-electron chi connectivity index (χ2n) is 4.59. The third-order valence-corrected chi connectivity index (χ3v) is 2.47. The maximum atomic E-state index is 11.6. The molecular weight excluding hydrogens is 224 g/mol. The van der Waals surface area contributed by atoms with E-state index in [1.807, 2.05) is 36.4 Å². The maximum absolute atomic E-state index is 11.6. The number of hydrogen-bond donors (Lipinski definition) is 0. The lowest BCUT2D eigenvalue weighted by molar-refractivity contribution is -0.138. The zero-order valence-electron chi connectivity index (χ0n) is 11.1. The van der Waals surface area contributed by atoms with E-state index in [9.17, 15) is 4.79 Å². The van der Waals surface area contributed by atoms with Gasteiger partial charge in [0, 0.05) is 0 Å². The normalized spacial score (nSPS) is 10.8. The summed E-state index contributed by atoms with van der Waals surface area (Å²) >= 11 is 0. The number of rotatable bonds is 6. The summed E-state index contributed by atoms with van der Waals surface area (Å²) in [6.45, 7) is 8.35. The van der Waals surface area contributed by atoms with Crippen molar-refractivity contribution in [2.24, 2.45) is 5.92 Å². The quantitative estimate of drug-likeness (QED) is 0.431. The highest BCUT2D eigenvalue weighted by molar-refractivity contribution is 5.92. The topological polar surface area (TPSA) is 26.3 Å². The Morgan fingerprint density at radius 2 is 2.00 bits per heavy atom. The van der Waals surface area contributed by atoms with Gasteiger partial charge in [-0.15, -0.1) is 0 Å². The van der Waals surface area contributed by atoms with Gasteiger partial charge in [0.15, 0.2) is 0 Å². The van der Waals surface area contributed by atoms with Gasteiger partial charge in [0.25, 0.3) is 0 Å². The minimum atomic E-state index is -0.345. The standard InChI is InChI=1S/C16H20O2/c1-13(2)11-12-18-16(17)14(3)9-10-15-7-5-4-6-8-15/h4-10,13H,3,11-12H2,1-2H3. The summed E-state index contributed by atoms with van der Waals surface area (Å²) in [7, 11) is 0. The Hall–Kier alpha value is -1.83. The lowest BCUT2D eigenvalue weighted by Gasteiger charge is -2.06. The Kier molecular flexibility index (Phi) is 5.92. The van der Waals surface area contributed by atoms with Crippen molar-refractivity contribution in [2.45, 2.75) is 20.3 Å². The van der Waals surface area contributed by atoms with E-state index in [4.69, 9.17) is 4.74 Å². The summed E-state index contributed by atoms with van der Waals surface area (Å²) in [5, 5.41) is 0. The van der Waals surface area contributed by atoms with Crippen LogP contribution in [-0.4, -0.2) is 12.6 Å². The highest BCUT2D eigenvalue weighted by Gasteiger charge is 2.05. The van der Waals surface area contributed by atoms with Gasteiger partial charge in [-0.25, -0.2) is 4.79 Å². The second kappa shape index (κ2) is 7.49. The molecule has 0 saturated heterocycles. The van der Waals surface area contributed by atoms with Gasteiger partial charge in [-0.05, 0) is 24.0 Å². The van der Waals surface area contributed by atoms with Crippen molar-refractivity contribution < 1.29 is 9.53 Å². The van der Waals surface area contributed by atoms with Gasteiger partial charge < -0.3 is 4.74 Å². The first-order valence-corrected chi connectivity index (χ1v) is 6.18. The molecule has 0 unspecified atom stereocenters. The second-order valence-corrected chi connectivity index (χ2v) is 4.59. The summed E-state index contributed by atoms with van der Waals surface area (Å²) in [5.74, 6) is 0.189. The molecule has 0 bridgehead atoms. The summed E-state index contributed by atoms with van der Waals surface area (Å²) in [4.78, 5) is 11.6. The number of hydrogen-bond acceptors (Lipinski definition) is 2. The smallest absolute Gasteiger partial charge is 0.337 e. The Morgan fingerprint density at radius 1 is 1.33 bits per heavy atom. The number of benzene rings is 1. The molecule has 0 amide bonds. The van der Waals surface area contributed by atoms with Crippen molar-refractivity contribution in [2.75, 3.05) is 6.61 Å². The summed E-state index contributed by atoms with van der Waals surface area (Å²) in [5.41, 5.74) is 1.41. The van der Waals surface area contributed by atoms with Crippen molar-refractivity contribution in [3.8, 4) is 0 Å². The van der Waals surface area contributed by atoms with E-state index in [1.165, 1.54) is 0 Å². The van der Waals surface area contributed by atoms with Crippen LogP contribution in [0.5, 0.6) is 0 Å². The van der Waals surface area contributed by atoms with Gasteiger partial charge in [0.05, 0.1) is 12.2 Å². The average molecular weight is 244 g/mol. The molecule has 0 saturated carbocycles. The Morgan fingerprint density at radius 3 is 2.61 bits per heavy atom. The molecule has 1 aromatic carbocycles. The number of carbonyl (C=O) groups excluding carboxylic acids is 1. The molecule has 0 aliphatic rings. The molecule has 1 aromatic rings. The van der Waals surface area contributed by atoms with Crippen LogP contribution in [-0.2, 0) is 9.53 Å². The molecule has 0 atom stereocenters. The first-order valence-electron chi connectivity index (χ1n) is 6.18. The maximum Gasteiger partial charge on any atom is 0.337 e. The van der Waals surface area contributed by atoms with Crippen LogP contribution in [0.3, 0.4) is 0 Å². The Balaban J connectivity index is 2.41. The fourth-order valence-corrected chi connectivity index (χ4v) is 1.31. The number of carbonyl (C=O) groups is 1. The molecule has 0 N–H and O–H groups in total. The van der Waals surface area contributed by atoms with E-state index in [0.29, 0.717) is 18.1 Å². The van der Waals surface area contributed by atoms with Crippen LogP contribution >= 0.6 is 0 Å². The van der Waals surface area contributed by atoms with E-state index >= 15 is 0 Å². The Labute approximate surface area is 109 Å². The predicted molar refractivity (Wildman–Crippen MR) is 75.0 cm³/mol. The third-order valence-electron chi connectivity index (χ3n) is 2.47. The lowest BCUT2D eigenvalue weighted by atomic mass is 10.1. The molecule has 0 aliphatic carbocycles. The lowest BCUT2D eigenvalue weighted by Crippen LogP contribution is -2.08. The molecule has 0 spiro atoms. The fourth-order valence-electron chi connectivity index (χ4n) is 1.31. The fraction of sp³-hybridized carbons (Fsp3) is 0.312. The van der Waals surface area contributed by atoms with Crippen molar-refractivity contribution in [1.29, 1.82) is 0 Å². The molecule has 96 valence electrons. The first-order chi connectivity index (χ1) is 8.59. The van der Waals surface area contributed by atoms with Gasteiger partial charge in [0.1, 0.15) is 0 Å². The van der Waals surface area contributed by atoms with E-state index in [0.717, 1.165) is 12.0 Å². The van der Waals surface area contributed by atoms with Crippen molar-refractivity contribution in [3.05, 3.63) is 54.1 Å². The van der Waals surface area contributed by atoms with Crippen LogP contribution in [0.4, 0.5) is 0 Å². The molecule has 0 aliphatic heterocycles. The molecule has 1 rings (SSSR count). The van der Waals surface area contributed by atoms with Crippen LogP contribution in [0.25, 0.3) is 6.08 Å². The van der Waals surface area contributed by atoms with Gasteiger partial charge in [-0.1, -0.05) is 56.8 Å². The summed E-state index contributed by atoms with van der Waals surface area (Å²) < 4.78 is 5.11. The minimum absolute atomic E-state index is 0.345. The number of ether oxygens (including phenoxy) is 1. The molecule has 18 heavy (non-hydrogen) atoms. The highest BCUT2D eigenvalue weighted by atomic mass is 16.5. The zero-order valence-corrected chi connectivity index (χ0v) is 11.1. The van der Waals surface area contributed by atoms with Crippen LogP contribution in [0.1, 0.15) is 25.8 Å². The van der Waals surface area contributed by atoms with Gasteiger partial charge in [-0.2, -0.15) is 0 Å². The van der Waals surface area contributed by atoms with Gasteiger partial charge in [0.2, 0.25) is 0 Å². The predicted octanol–water partition coefficient (Wildman–Crippen LogP) is 3.85. The minimum Gasteiger partial charge on any atom is -0.462 e. The van der Waals surface area contributed by atoms with Crippen LogP contribution in [0.15, 0.2) is 48.6 Å². The van der Waals surface area contributed by atoms with Crippen LogP contribution < -0.4 is 0 Å². The van der Waals surface area contributed by atoms with Crippen molar-refractivity contribution in [1.82, 2.24) is 0 Å². The molecule has 2 heteroatoms. The highest BCUT2D eigenvalue weighted by Crippen LogP contribution is 2.06. The van der Waals surface area contributed by atoms with Gasteiger partial charge in [-0.3, -0.25) is 0 Å². The SMILES string of the molecule is C=C(C=Cc1ccccc1)C(=O)OCCC(C)C. The molecular formula is C16H20O2. The monoisotopic (exact) mass is 244 g/mol. The van der Waals surface area contributed by atoms with E-state index in [1.54, 1.807) is 6.08 Å². The van der Waals surface area contributed by atoms with E-state index in [2.05, 4.69) is 20.4 Å². The number of esters is 1. The van der Waals surface area contributed by atoms with E-state index in [-0.39, 0.29) is 5.97 Å². The average Bonchev–Trinajstić information content (AvgIpc) is 2.36. The summed E-state index contributed by atoms with van der Waals surface area (Å²) in [6, 6.07) is 9.78.